The number of fused-ring (bicyclic) bond motifs is 1. The normalized spacial score (nSPS) is 29.5. The van der Waals surface area contributed by atoms with Crippen molar-refractivity contribution in [3.8, 4) is 0 Å². The molecular weight excluding hydrogens is 248 g/mol. The molecule has 0 bridgehead atoms. The number of nitrogen functional groups attached to an aromatic ring is 1. The molecule has 0 saturated heterocycles. The number of benzene rings is 1. The zero-order chi connectivity index (χ0) is 13.9. The van der Waals surface area contributed by atoms with Crippen LogP contribution in [0.2, 0.25) is 0 Å². The Morgan fingerprint density at radius 2 is 1.80 bits per heavy atom. The fraction of sp³-hybridized carbons (Fsp3) is 0.588. The third-order valence-corrected chi connectivity index (χ3v) is 5.13. The van der Waals surface area contributed by atoms with E-state index in [2.05, 4.69) is 5.32 Å². The predicted molar refractivity (Wildman–Crippen MR) is 82.3 cm³/mol. The number of anilines is 2. The molecule has 1 aromatic carbocycles. The van der Waals surface area contributed by atoms with E-state index >= 15 is 0 Å². The number of hydrogen-bond acceptors (Lipinski definition) is 2. The maximum absolute atomic E-state index is 12.4. The van der Waals surface area contributed by atoms with Crippen molar-refractivity contribution in [3.05, 3.63) is 24.3 Å². The van der Waals surface area contributed by atoms with Crippen molar-refractivity contribution in [2.45, 2.75) is 44.9 Å². The van der Waals surface area contributed by atoms with Crippen molar-refractivity contribution in [2.24, 2.45) is 17.8 Å². The van der Waals surface area contributed by atoms with E-state index in [-0.39, 0.29) is 11.8 Å². The van der Waals surface area contributed by atoms with Crippen LogP contribution in [-0.2, 0) is 4.79 Å². The molecule has 3 unspecified atom stereocenters. The average molecular weight is 272 g/mol. The monoisotopic (exact) mass is 272 g/mol. The first-order valence-electron chi connectivity index (χ1n) is 7.89. The standard InChI is InChI=1S/C17H24N2O/c18-15-7-3-4-8-16(15)19-17(20)14-10-9-12-5-1-2-6-13(12)11-14/h3-4,7-8,12-14H,1-2,5-6,9-11,18H2,(H,19,20). The molecule has 0 heterocycles. The summed E-state index contributed by atoms with van der Waals surface area (Å²) in [5.74, 6) is 2.00. The van der Waals surface area contributed by atoms with Crippen LogP contribution in [0.3, 0.4) is 0 Å². The van der Waals surface area contributed by atoms with Crippen LogP contribution in [0.25, 0.3) is 0 Å². The lowest BCUT2D eigenvalue weighted by molar-refractivity contribution is -0.122. The summed E-state index contributed by atoms with van der Waals surface area (Å²) in [6.07, 6.45) is 8.78. The SMILES string of the molecule is Nc1ccccc1NC(=O)C1CCC2CCCCC2C1. The van der Waals surface area contributed by atoms with Crippen LogP contribution in [-0.4, -0.2) is 5.91 Å². The number of nitrogens with one attached hydrogen (secondary N) is 1. The first kappa shape index (κ1) is 13.5. The van der Waals surface area contributed by atoms with E-state index in [0.717, 1.165) is 30.4 Å². The lowest BCUT2D eigenvalue weighted by Gasteiger charge is -2.38. The maximum atomic E-state index is 12.4. The number of carbonyl (C=O) groups is 1. The molecule has 0 radical (unpaired) electrons. The second-order valence-corrected chi connectivity index (χ2v) is 6.39. The van der Waals surface area contributed by atoms with Crippen LogP contribution < -0.4 is 11.1 Å². The molecule has 2 aliphatic rings. The molecule has 1 aromatic rings. The summed E-state index contributed by atoms with van der Waals surface area (Å²) in [4.78, 5) is 12.4. The van der Waals surface area contributed by atoms with Gasteiger partial charge in [-0.2, -0.15) is 0 Å². The number of carbonyl (C=O) groups excluding carboxylic acids is 1. The number of nitrogens with two attached hydrogens (primary N) is 1. The smallest absolute Gasteiger partial charge is 0.227 e. The Morgan fingerprint density at radius 3 is 2.60 bits per heavy atom. The number of amides is 1. The van der Waals surface area contributed by atoms with Gasteiger partial charge in [0.2, 0.25) is 5.91 Å². The molecule has 1 amide bonds. The average Bonchev–Trinajstić information content (AvgIpc) is 2.49. The summed E-state index contributed by atoms with van der Waals surface area (Å²) in [7, 11) is 0. The molecule has 0 spiro atoms. The van der Waals surface area contributed by atoms with E-state index in [1.807, 2.05) is 24.3 Å². The molecule has 108 valence electrons. The molecule has 0 aliphatic heterocycles. The lowest BCUT2D eigenvalue weighted by atomic mass is 9.67. The van der Waals surface area contributed by atoms with E-state index in [0.29, 0.717) is 5.69 Å². The van der Waals surface area contributed by atoms with Gasteiger partial charge in [0.25, 0.3) is 0 Å². The molecule has 3 N–H and O–H groups in total. The van der Waals surface area contributed by atoms with Crippen LogP contribution in [0, 0.1) is 17.8 Å². The van der Waals surface area contributed by atoms with Gasteiger partial charge in [-0.15, -0.1) is 0 Å². The van der Waals surface area contributed by atoms with Crippen molar-refractivity contribution < 1.29 is 4.79 Å². The fourth-order valence-electron chi connectivity index (χ4n) is 3.96. The molecule has 3 rings (SSSR count). The Balaban J connectivity index is 1.62. The highest BCUT2D eigenvalue weighted by molar-refractivity contribution is 5.95. The van der Waals surface area contributed by atoms with E-state index in [4.69, 9.17) is 5.73 Å². The summed E-state index contributed by atoms with van der Waals surface area (Å²) >= 11 is 0. The molecule has 3 heteroatoms. The van der Waals surface area contributed by atoms with Gasteiger partial charge in [0.15, 0.2) is 0 Å². The van der Waals surface area contributed by atoms with Gasteiger partial charge in [0, 0.05) is 5.92 Å². The summed E-state index contributed by atoms with van der Waals surface area (Å²) in [5, 5.41) is 3.01. The van der Waals surface area contributed by atoms with Gasteiger partial charge in [0.1, 0.15) is 0 Å². The lowest BCUT2D eigenvalue weighted by Crippen LogP contribution is -2.34. The molecule has 0 aromatic heterocycles. The van der Waals surface area contributed by atoms with Crippen molar-refractivity contribution in [1.82, 2.24) is 0 Å². The first-order valence-corrected chi connectivity index (χ1v) is 7.89. The van der Waals surface area contributed by atoms with Gasteiger partial charge in [-0.3, -0.25) is 4.79 Å². The molecule has 20 heavy (non-hydrogen) atoms. The van der Waals surface area contributed by atoms with Crippen LogP contribution in [0.4, 0.5) is 11.4 Å². The molecule has 3 atom stereocenters. The fourth-order valence-corrected chi connectivity index (χ4v) is 3.96. The van der Waals surface area contributed by atoms with Crippen LogP contribution in [0.1, 0.15) is 44.9 Å². The second-order valence-electron chi connectivity index (χ2n) is 6.39. The van der Waals surface area contributed by atoms with Crippen LogP contribution in [0.5, 0.6) is 0 Å². The van der Waals surface area contributed by atoms with Gasteiger partial charge in [-0.05, 0) is 43.2 Å². The second kappa shape index (κ2) is 5.86. The zero-order valence-corrected chi connectivity index (χ0v) is 12.0. The third kappa shape index (κ3) is 2.82. The van der Waals surface area contributed by atoms with E-state index < -0.39 is 0 Å². The first-order chi connectivity index (χ1) is 9.74. The third-order valence-electron chi connectivity index (χ3n) is 5.13. The maximum Gasteiger partial charge on any atom is 0.227 e. The highest BCUT2D eigenvalue weighted by atomic mass is 16.1. The molecular formula is C17H24N2O. The van der Waals surface area contributed by atoms with Gasteiger partial charge in [-0.1, -0.05) is 37.8 Å². The van der Waals surface area contributed by atoms with E-state index in [1.54, 1.807) is 0 Å². The quantitative estimate of drug-likeness (QED) is 0.804. The van der Waals surface area contributed by atoms with Crippen molar-refractivity contribution in [1.29, 1.82) is 0 Å². The minimum absolute atomic E-state index is 0.159. The van der Waals surface area contributed by atoms with E-state index in [9.17, 15) is 4.79 Å². The zero-order valence-electron chi connectivity index (χ0n) is 12.0. The van der Waals surface area contributed by atoms with Crippen molar-refractivity contribution in [3.63, 3.8) is 0 Å². The van der Waals surface area contributed by atoms with E-state index in [1.165, 1.54) is 32.1 Å². The highest BCUT2D eigenvalue weighted by Gasteiger charge is 2.35. The molecule has 2 saturated carbocycles. The Kier molecular flexibility index (Phi) is 3.95. The van der Waals surface area contributed by atoms with Crippen LogP contribution in [0.15, 0.2) is 24.3 Å². The van der Waals surface area contributed by atoms with Gasteiger partial charge >= 0.3 is 0 Å². The molecule has 3 nitrogen and oxygen atoms in total. The molecule has 2 aliphatic carbocycles. The number of para-hydroxylation sites is 2. The Hall–Kier alpha value is -1.51. The largest absolute Gasteiger partial charge is 0.397 e. The predicted octanol–water partition coefficient (Wildman–Crippen LogP) is 3.81. The summed E-state index contributed by atoms with van der Waals surface area (Å²) in [6.45, 7) is 0. The number of hydrogen-bond donors (Lipinski definition) is 2. The summed E-state index contributed by atoms with van der Waals surface area (Å²) in [5.41, 5.74) is 7.29. The van der Waals surface area contributed by atoms with Crippen molar-refractivity contribution >= 4 is 17.3 Å². The highest BCUT2D eigenvalue weighted by Crippen LogP contribution is 2.43. The summed E-state index contributed by atoms with van der Waals surface area (Å²) < 4.78 is 0. The Bertz CT molecular complexity index is 486. The summed E-state index contributed by atoms with van der Waals surface area (Å²) in [6, 6.07) is 7.50. The van der Waals surface area contributed by atoms with Crippen LogP contribution >= 0.6 is 0 Å². The molecule has 2 fully saturated rings. The van der Waals surface area contributed by atoms with Gasteiger partial charge in [-0.25, -0.2) is 0 Å². The Morgan fingerprint density at radius 1 is 1.05 bits per heavy atom. The van der Waals surface area contributed by atoms with Gasteiger partial charge < -0.3 is 11.1 Å². The van der Waals surface area contributed by atoms with Crippen molar-refractivity contribution in [2.75, 3.05) is 11.1 Å². The minimum Gasteiger partial charge on any atom is -0.397 e. The minimum atomic E-state index is 0.159. The Labute approximate surface area is 120 Å². The topological polar surface area (TPSA) is 55.1 Å². The number of rotatable bonds is 2. The van der Waals surface area contributed by atoms with Gasteiger partial charge in [0.05, 0.1) is 11.4 Å².